The van der Waals surface area contributed by atoms with Gasteiger partial charge >= 0.3 is 5.78 Å². The number of ketones is 1. The van der Waals surface area contributed by atoms with Crippen molar-refractivity contribution in [1.82, 2.24) is 10.3 Å². The molecule has 5 N–H and O–H groups in total. The third-order valence-corrected chi connectivity index (χ3v) is 10.2. The van der Waals surface area contributed by atoms with Gasteiger partial charge in [-0.25, -0.2) is 0 Å². The number of aryl methyl sites for hydroxylation is 1. The molecule has 1 saturated carbocycles. The summed E-state index contributed by atoms with van der Waals surface area (Å²) in [5, 5.41) is 35.5. The quantitative estimate of drug-likeness (QED) is 0.176. The molecule has 0 spiro atoms. The molecule has 0 radical (unpaired) electrons. The van der Waals surface area contributed by atoms with Gasteiger partial charge < -0.3 is 40.0 Å². The number of nitrogens with one attached hydrogen (secondary N) is 1. The van der Waals surface area contributed by atoms with Crippen molar-refractivity contribution in [3.8, 4) is 39.9 Å². The minimum Gasteiger partial charge on any atom is -0.508 e. The van der Waals surface area contributed by atoms with Crippen molar-refractivity contribution in [2.24, 2.45) is 0 Å². The molecule has 9 nitrogen and oxygen atoms in total. The molecule has 2 aliphatic heterocycles. The van der Waals surface area contributed by atoms with Crippen LogP contribution in [0.1, 0.15) is 73.1 Å². The number of fused-ring (bicyclic) bond motifs is 1. The van der Waals surface area contributed by atoms with Crippen LogP contribution in [0.25, 0.3) is 11.1 Å². The van der Waals surface area contributed by atoms with Crippen molar-refractivity contribution >= 4 is 11.6 Å². The van der Waals surface area contributed by atoms with Crippen LogP contribution in [0.15, 0.2) is 54.6 Å². The van der Waals surface area contributed by atoms with Gasteiger partial charge in [-0.3, -0.25) is 4.79 Å². The Labute approximate surface area is 275 Å². The summed E-state index contributed by atoms with van der Waals surface area (Å²) in [6.07, 6.45) is 5.30. The zero-order valence-corrected chi connectivity index (χ0v) is 27.1. The van der Waals surface area contributed by atoms with E-state index < -0.39 is 6.10 Å². The largest absolute Gasteiger partial charge is 0.508 e. The molecule has 4 aromatic rings. The molecule has 1 aliphatic carbocycles. The number of benzene rings is 3. The number of carbonyl (C=O) groups excluding carboxylic acids is 1. The van der Waals surface area contributed by atoms with Gasteiger partial charge in [0.2, 0.25) is 5.75 Å². The topological polar surface area (TPSA) is 130 Å². The van der Waals surface area contributed by atoms with Crippen molar-refractivity contribution in [2.45, 2.75) is 63.4 Å². The number of aromatic hydroxyl groups is 3. The molecular formula is C38H43N3O6. The van der Waals surface area contributed by atoms with E-state index in [1.165, 1.54) is 25.6 Å². The number of ether oxygens (including phenoxy) is 2. The normalized spacial score (nSPS) is 19.0. The molecule has 1 saturated heterocycles. The summed E-state index contributed by atoms with van der Waals surface area (Å²) in [5.41, 5.74) is 5.97. The monoisotopic (exact) mass is 637 g/mol. The van der Waals surface area contributed by atoms with Crippen LogP contribution in [0.4, 0.5) is 5.82 Å². The van der Waals surface area contributed by atoms with Crippen LogP contribution in [-0.2, 0) is 18.3 Å². The molecule has 2 fully saturated rings. The van der Waals surface area contributed by atoms with Crippen molar-refractivity contribution in [1.29, 1.82) is 0 Å². The van der Waals surface area contributed by atoms with Crippen molar-refractivity contribution < 1.29 is 29.6 Å². The number of methoxy groups -OCH3 is 1. The molecule has 0 bridgehead atoms. The second kappa shape index (κ2) is 12.5. The average Bonchev–Trinajstić information content (AvgIpc) is 3.74. The van der Waals surface area contributed by atoms with E-state index in [9.17, 15) is 20.1 Å². The first-order chi connectivity index (χ1) is 22.8. The summed E-state index contributed by atoms with van der Waals surface area (Å²) in [7, 11) is 1.37. The smallest absolute Gasteiger partial charge is 0.335 e. The minimum atomic E-state index is -0.568. The lowest BCUT2D eigenvalue weighted by Gasteiger charge is -2.38. The fourth-order valence-corrected chi connectivity index (χ4v) is 7.51. The number of hydrogen-bond acceptors (Lipinski definition) is 7. The lowest BCUT2D eigenvalue weighted by Crippen LogP contribution is -2.44. The van der Waals surface area contributed by atoms with Gasteiger partial charge in [0.05, 0.1) is 7.11 Å². The molecule has 1 atom stereocenters. The Hall–Kier alpha value is -4.63. The van der Waals surface area contributed by atoms with Crippen LogP contribution in [0, 0.1) is 0 Å². The van der Waals surface area contributed by atoms with Crippen LogP contribution >= 0.6 is 0 Å². The highest BCUT2D eigenvalue weighted by Crippen LogP contribution is 2.52. The maximum atomic E-state index is 11.3. The first-order valence-corrected chi connectivity index (χ1v) is 16.6. The lowest BCUT2D eigenvalue weighted by atomic mass is 9.85. The number of aromatic nitrogens is 1. The van der Waals surface area contributed by atoms with Crippen LogP contribution in [-0.4, -0.2) is 59.2 Å². The van der Waals surface area contributed by atoms with Crippen molar-refractivity contribution in [3.63, 3.8) is 0 Å². The van der Waals surface area contributed by atoms with E-state index >= 15 is 0 Å². The van der Waals surface area contributed by atoms with Crippen LogP contribution in [0.3, 0.4) is 0 Å². The highest BCUT2D eigenvalue weighted by molar-refractivity contribution is 6.05. The van der Waals surface area contributed by atoms with Gasteiger partial charge in [-0.1, -0.05) is 73.7 Å². The maximum absolute atomic E-state index is 11.3. The predicted octanol–water partition coefficient (Wildman–Crippen LogP) is 5.88. The maximum Gasteiger partial charge on any atom is 0.335 e. The van der Waals surface area contributed by atoms with Gasteiger partial charge in [-0.2, -0.15) is 0 Å². The summed E-state index contributed by atoms with van der Waals surface area (Å²) in [6, 6.07) is 17.4. The molecule has 1 aromatic heterocycles. The number of rotatable bonds is 8. The SMILES string of the molecule is COc1c(O)c(CCc2cccc(-c3cc(C4(C)CCCC4)[n-]c3N3CCNCC3)c2)c2c(c1O)C(=[OH+])CC(c1ccc(O)cc1)O2. The van der Waals surface area contributed by atoms with E-state index in [1.807, 2.05) is 0 Å². The van der Waals surface area contributed by atoms with E-state index in [4.69, 9.17) is 14.5 Å². The van der Waals surface area contributed by atoms with Gasteiger partial charge in [0, 0.05) is 5.56 Å². The molecule has 1 unspecified atom stereocenters. The Bertz CT molecular complexity index is 1780. The molecule has 3 heterocycles. The fourth-order valence-electron chi connectivity index (χ4n) is 7.51. The van der Waals surface area contributed by atoms with Gasteiger partial charge in [-0.05, 0) is 91.7 Å². The van der Waals surface area contributed by atoms with Crippen LogP contribution in [0.2, 0.25) is 0 Å². The first kappa shape index (κ1) is 31.0. The number of phenols is 3. The molecule has 3 aromatic carbocycles. The Morgan fingerprint density at radius 2 is 1.74 bits per heavy atom. The number of anilines is 1. The van der Waals surface area contributed by atoms with Crippen LogP contribution < -0.4 is 24.7 Å². The van der Waals surface area contributed by atoms with Gasteiger partial charge in [0.25, 0.3) is 0 Å². The second-order valence-corrected chi connectivity index (χ2v) is 13.3. The molecule has 3 aliphatic rings. The van der Waals surface area contributed by atoms with Gasteiger partial charge in [0.15, 0.2) is 17.1 Å². The first-order valence-electron chi connectivity index (χ1n) is 16.6. The molecule has 0 amide bonds. The zero-order chi connectivity index (χ0) is 32.7. The Morgan fingerprint density at radius 3 is 2.47 bits per heavy atom. The predicted molar refractivity (Wildman–Crippen MR) is 182 cm³/mol. The standard InChI is InChI=1S/C38H42N3O6/c1-38(14-3-4-15-38)31-21-28(37(40-31)41-18-16-39-17-19-41)25-7-5-6-23(20-25)8-13-27-33(44)36(46-2)34(45)32-29(43)22-30(47-35(27)32)24-9-11-26(42)12-10-24/h5-7,9-12,20-21,30,39,42H,3-4,8,13-19,22H2,1-2H3,(H2,43,44,45)/q-1/p+1. The summed E-state index contributed by atoms with van der Waals surface area (Å²) >= 11 is 0. The molecular weight excluding hydrogens is 594 g/mol. The summed E-state index contributed by atoms with van der Waals surface area (Å²) in [5.74, 6) is 0.693. The Kier molecular flexibility index (Phi) is 8.26. The van der Waals surface area contributed by atoms with E-state index in [1.54, 1.807) is 24.3 Å². The van der Waals surface area contributed by atoms with Gasteiger partial charge in [-0.15, -0.1) is 0 Å². The summed E-state index contributed by atoms with van der Waals surface area (Å²) in [4.78, 5) is 18.8. The average molecular weight is 638 g/mol. The molecule has 7 rings (SSSR count). The minimum absolute atomic E-state index is 0.0562. The van der Waals surface area contributed by atoms with E-state index in [-0.39, 0.29) is 51.9 Å². The summed E-state index contributed by atoms with van der Waals surface area (Å²) in [6.45, 7) is 6.06. The van der Waals surface area contributed by atoms with E-state index in [0.29, 0.717) is 18.4 Å². The Morgan fingerprint density at radius 1 is 1.00 bits per heavy atom. The van der Waals surface area contributed by atoms with Crippen LogP contribution in [0.5, 0.6) is 28.7 Å². The van der Waals surface area contributed by atoms with E-state index in [0.717, 1.165) is 67.1 Å². The molecule has 47 heavy (non-hydrogen) atoms. The Balaban J connectivity index is 1.22. The highest BCUT2D eigenvalue weighted by Gasteiger charge is 2.40. The molecule has 246 valence electrons. The van der Waals surface area contributed by atoms with Crippen molar-refractivity contribution in [2.75, 3.05) is 38.2 Å². The van der Waals surface area contributed by atoms with Crippen molar-refractivity contribution in [3.05, 3.63) is 82.5 Å². The van der Waals surface area contributed by atoms with E-state index in [2.05, 4.69) is 47.5 Å². The third-order valence-electron chi connectivity index (χ3n) is 10.2. The molecule has 9 heteroatoms. The highest BCUT2D eigenvalue weighted by atomic mass is 16.5. The number of piperazine rings is 1. The number of phenolic OH excluding ortho intramolecular Hbond substituents is 3. The fraction of sp³-hybridized carbons (Fsp3) is 0.395. The number of hydrogen-bond donors (Lipinski definition) is 4. The second-order valence-electron chi connectivity index (χ2n) is 13.3. The lowest BCUT2D eigenvalue weighted by molar-refractivity contribution is 0.197. The number of nitrogens with zero attached hydrogens (tertiary/aromatic N) is 2. The third kappa shape index (κ3) is 5.78. The van der Waals surface area contributed by atoms with Gasteiger partial charge in [0.1, 0.15) is 24.0 Å². The summed E-state index contributed by atoms with van der Waals surface area (Å²) < 4.78 is 11.8. The zero-order valence-electron chi connectivity index (χ0n) is 27.1.